The van der Waals surface area contributed by atoms with Crippen LogP contribution >= 0.6 is 0 Å². The third-order valence-corrected chi connectivity index (χ3v) is 3.27. The van der Waals surface area contributed by atoms with E-state index < -0.39 is 15.8 Å². The van der Waals surface area contributed by atoms with Crippen LogP contribution in [0, 0.1) is 0 Å². The number of nitrogens with two attached hydrogens (primary N) is 1. The molecule has 0 aromatic rings. The summed E-state index contributed by atoms with van der Waals surface area (Å²) in [7, 11) is -4.39. The molecule has 0 aromatic carbocycles. The maximum Gasteiger partial charge on any atom is 0.350 e. The molecule has 0 radical (unpaired) electrons. The van der Waals surface area contributed by atoms with E-state index in [-0.39, 0.29) is 19.1 Å². The van der Waals surface area contributed by atoms with Crippen molar-refractivity contribution in [2.45, 2.75) is 18.2 Å². The number of rotatable bonds is 2. The van der Waals surface area contributed by atoms with Crippen LogP contribution in [-0.2, 0) is 10.0 Å². The minimum Gasteiger partial charge on any atom is -0.326 e. The molecule has 0 aliphatic carbocycles. The normalized spacial score (nSPS) is 26.8. The highest BCUT2D eigenvalue weighted by atomic mass is 32.2. The SMILES string of the molecule is NC1CCN(S(=O)(=O)C(F)F)C1. The number of nitrogens with zero attached hydrogens (tertiary/aromatic N) is 1. The minimum absolute atomic E-state index is 0.00662. The molecule has 1 saturated heterocycles. The Labute approximate surface area is 69.4 Å². The lowest BCUT2D eigenvalue weighted by molar-refractivity contribution is 0.222. The Bertz CT molecular complexity index is 254. The van der Waals surface area contributed by atoms with Crippen molar-refractivity contribution in [1.29, 1.82) is 0 Å². The maximum absolute atomic E-state index is 11.9. The van der Waals surface area contributed by atoms with Crippen LogP contribution in [-0.4, -0.2) is 37.6 Å². The molecule has 1 aliphatic rings. The quantitative estimate of drug-likeness (QED) is 0.658. The molecule has 0 amide bonds. The van der Waals surface area contributed by atoms with Crippen LogP contribution in [0.4, 0.5) is 8.78 Å². The summed E-state index contributed by atoms with van der Waals surface area (Å²) in [4.78, 5) is 0. The van der Waals surface area contributed by atoms with Crippen molar-refractivity contribution in [2.24, 2.45) is 5.73 Å². The van der Waals surface area contributed by atoms with Crippen molar-refractivity contribution in [3.8, 4) is 0 Å². The number of alkyl halides is 2. The Balaban J connectivity index is 2.71. The van der Waals surface area contributed by atoms with E-state index in [9.17, 15) is 17.2 Å². The predicted molar refractivity (Wildman–Crippen MR) is 39.1 cm³/mol. The standard InChI is InChI=1S/C5H10F2N2O2S/c6-5(7)12(10,11)9-2-1-4(8)3-9/h4-5H,1-3,8H2. The summed E-state index contributed by atoms with van der Waals surface area (Å²) in [6.45, 7) is 0.112. The lowest BCUT2D eigenvalue weighted by Gasteiger charge is -2.14. The van der Waals surface area contributed by atoms with Crippen LogP contribution < -0.4 is 5.73 Å². The van der Waals surface area contributed by atoms with E-state index in [2.05, 4.69) is 0 Å². The summed E-state index contributed by atoms with van der Waals surface area (Å²) in [6.07, 6.45) is 0.450. The van der Waals surface area contributed by atoms with Gasteiger partial charge in [-0.05, 0) is 6.42 Å². The molecule has 1 unspecified atom stereocenters. The van der Waals surface area contributed by atoms with Gasteiger partial charge >= 0.3 is 5.76 Å². The fourth-order valence-electron chi connectivity index (χ4n) is 1.10. The van der Waals surface area contributed by atoms with Gasteiger partial charge in [0.15, 0.2) is 0 Å². The van der Waals surface area contributed by atoms with Crippen LogP contribution in [0.3, 0.4) is 0 Å². The molecule has 1 aliphatic heterocycles. The van der Waals surface area contributed by atoms with Gasteiger partial charge in [-0.2, -0.15) is 13.1 Å². The molecule has 1 fully saturated rings. The molecule has 0 aromatic heterocycles. The highest BCUT2D eigenvalue weighted by Gasteiger charge is 2.36. The van der Waals surface area contributed by atoms with E-state index >= 15 is 0 Å². The number of halogens is 2. The first-order valence-corrected chi connectivity index (χ1v) is 4.97. The molecular formula is C5H10F2N2O2S. The van der Waals surface area contributed by atoms with E-state index in [0.717, 1.165) is 4.31 Å². The predicted octanol–water partition coefficient (Wildman–Crippen LogP) is -0.428. The van der Waals surface area contributed by atoms with Crippen LogP contribution in [0.15, 0.2) is 0 Å². The Kier molecular flexibility index (Phi) is 2.64. The van der Waals surface area contributed by atoms with Gasteiger partial charge in [-0.25, -0.2) is 8.42 Å². The zero-order valence-corrected chi connectivity index (χ0v) is 7.10. The first-order valence-electron chi connectivity index (χ1n) is 3.47. The van der Waals surface area contributed by atoms with E-state index in [1.54, 1.807) is 0 Å². The Morgan fingerprint density at radius 3 is 2.42 bits per heavy atom. The summed E-state index contributed by atoms with van der Waals surface area (Å²) < 4.78 is 46.2. The molecule has 1 rings (SSSR count). The zero-order valence-electron chi connectivity index (χ0n) is 6.28. The van der Waals surface area contributed by atoms with Crippen molar-refractivity contribution in [1.82, 2.24) is 4.31 Å². The van der Waals surface area contributed by atoms with E-state index in [0.29, 0.717) is 6.42 Å². The average Bonchev–Trinajstić information content (AvgIpc) is 2.35. The highest BCUT2D eigenvalue weighted by molar-refractivity contribution is 7.89. The molecule has 0 saturated carbocycles. The lowest BCUT2D eigenvalue weighted by Crippen LogP contribution is -2.35. The number of hydrogen-bond acceptors (Lipinski definition) is 3. The van der Waals surface area contributed by atoms with E-state index in [4.69, 9.17) is 5.73 Å². The molecule has 72 valence electrons. The van der Waals surface area contributed by atoms with Gasteiger partial charge in [-0.3, -0.25) is 0 Å². The summed E-state index contributed by atoms with van der Waals surface area (Å²) in [6, 6.07) is -0.307. The van der Waals surface area contributed by atoms with Crippen molar-refractivity contribution < 1.29 is 17.2 Å². The second-order valence-corrected chi connectivity index (χ2v) is 4.62. The van der Waals surface area contributed by atoms with Gasteiger partial charge in [0.1, 0.15) is 0 Å². The second-order valence-electron chi connectivity index (χ2n) is 2.71. The first kappa shape index (κ1) is 9.82. The van der Waals surface area contributed by atoms with Crippen LogP contribution in [0.25, 0.3) is 0 Å². The molecular weight excluding hydrogens is 190 g/mol. The van der Waals surface area contributed by atoms with Gasteiger partial charge < -0.3 is 5.73 Å². The minimum atomic E-state index is -4.39. The number of hydrogen-bond donors (Lipinski definition) is 1. The van der Waals surface area contributed by atoms with Gasteiger partial charge in [0.2, 0.25) is 0 Å². The smallest absolute Gasteiger partial charge is 0.326 e. The largest absolute Gasteiger partial charge is 0.350 e. The molecule has 1 atom stereocenters. The van der Waals surface area contributed by atoms with Crippen molar-refractivity contribution >= 4 is 10.0 Å². The average molecular weight is 200 g/mol. The summed E-state index contributed by atoms with van der Waals surface area (Å²) in [5, 5.41) is 0. The highest BCUT2D eigenvalue weighted by Crippen LogP contribution is 2.17. The first-order chi connectivity index (χ1) is 5.44. The Morgan fingerprint density at radius 1 is 1.50 bits per heavy atom. The van der Waals surface area contributed by atoms with Crippen LogP contribution in [0.2, 0.25) is 0 Å². The Morgan fingerprint density at radius 2 is 2.08 bits per heavy atom. The van der Waals surface area contributed by atoms with Crippen molar-refractivity contribution in [3.63, 3.8) is 0 Å². The van der Waals surface area contributed by atoms with Crippen LogP contribution in [0.5, 0.6) is 0 Å². The zero-order chi connectivity index (χ0) is 9.35. The molecule has 0 spiro atoms. The van der Waals surface area contributed by atoms with E-state index in [1.807, 2.05) is 0 Å². The lowest BCUT2D eigenvalue weighted by atomic mass is 10.3. The molecule has 0 bridgehead atoms. The van der Waals surface area contributed by atoms with Gasteiger partial charge in [0.25, 0.3) is 10.0 Å². The molecule has 2 N–H and O–H groups in total. The van der Waals surface area contributed by atoms with Crippen molar-refractivity contribution in [3.05, 3.63) is 0 Å². The summed E-state index contributed by atoms with van der Waals surface area (Å²) in [5.74, 6) is -3.33. The molecule has 12 heavy (non-hydrogen) atoms. The fourth-order valence-corrected chi connectivity index (χ4v) is 2.08. The van der Waals surface area contributed by atoms with E-state index in [1.165, 1.54) is 0 Å². The maximum atomic E-state index is 11.9. The molecule has 7 heteroatoms. The fraction of sp³-hybridized carbons (Fsp3) is 1.00. The van der Waals surface area contributed by atoms with Gasteiger partial charge in [-0.1, -0.05) is 0 Å². The third-order valence-electron chi connectivity index (χ3n) is 1.77. The van der Waals surface area contributed by atoms with Gasteiger partial charge in [-0.15, -0.1) is 0 Å². The van der Waals surface area contributed by atoms with Crippen LogP contribution in [0.1, 0.15) is 6.42 Å². The van der Waals surface area contributed by atoms with Crippen molar-refractivity contribution in [2.75, 3.05) is 13.1 Å². The molecule has 4 nitrogen and oxygen atoms in total. The summed E-state index contributed by atoms with van der Waals surface area (Å²) in [5.41, 5.74) is 5.37. The monoisotopic (exact) mass is 200 g/mol. The van der Waals surface area contributed by atoms with Gasteiger partial charge in [0, 0.05) is 19.1 Å². The summed E-state index contributed by atoms with van der Waals surface area (Å²) >= 11 is 0. The third kappa shape index (κ3) is 1.73. The van der Waals surface area contributed by atoms with Gasteiger partial charge in [0.05, 0.1) is 0 Å². The Hall–Kier alpha value is -0.270. The topological polar surface area (TPSA) is 63.4 Å². The number of sulfonamides is 1. The molecule has 1 heterocycles. The second kappa shape index (κ2) is 3.23.